The average molecular weight is 454 g/mol. The fourth-order valence-electron chi connectivity index (χ4n) is 4.49. The Kier molecular flexibility index (Phi) is 6.76. The van der Waals surface area contributed by atoms with Gasteiger partial charge < -0.3 is 4.74 Å². The molecule has 1 aliphatic rings. The highest BCUT2D eigenvalue weighted by Crippen LogP contribution is 2.32. The highest BCUT2D eigenvalue weighted by Gasteiger charge is 2.23. The molecule has 1 aliphatic heterocycles. The molecule has 0 aliphatic carbocycles. The van der Waals surface area contributed by atoms with Crippen LogP contribution in [0.1, 0.15) is 52.4 Å². The van der Waals surface area contributed by atoms with Crippen molar-refractivity contribution in [1.82, 2.24) is 14.8 Å². The van der Waals surface area contributed by atoms with Crippen LogP contribution in [0.2, 0.25) is 0 Å². The zero-order valence-corrected chi connectivity index (χ0v) is 19.8. The SMILES string of the molecule is CC(=O)c1c(C)cc(C)c(CSc2nnc(-c3ccc(F)cc3)n2CC2CCCO2)c1C. The lowest BCUT2D eigenvalue weighted by Crippen LogP contribution is -2.16. The molecule has 1 fully saturated rings. The lowest BCUT2D eigenvalue weighted by Gasteiger charge is -2.17. The summed E-state index contributed by atoms with van der Waals surface area (Å²) in [6, 6.07) is 8.42. The molecule has 0 N–H and O–H groups in total. The molecule has 5 nitrogen and oxygen atoms in total. The summed E-state index contributed by atoms with van der Waals surface area (Å²) in [6.45, 7) is 9.15. The summed E-state index contributed by atoms with van der Waals surface area (Å²) in [5.41, 5.74) is 6.00. The van der Waals surface area contributed by atoms with E-state index in [2.05, 4.69) is 27.8 Å². The van der Waals surface area contributed by atoms with Crippen molar-refractivity contribution < 1.29 is 13.9 Å². The van der Waals surface area contributed by atoms with E-state index in [0.29, 0.717) is 18.1 Å². The number of thioether (sulfide) groups is 1. The number of carbonyl (C=O) groups is 1. The van der Waals surface area contributed by atoms with Gasteiger partial charge in [-0.3, -0.25) is 9.36 Å². The van der Waals surface area contributed by atoms with Crippen molar-refractivity contribution >= 4 is 17.5 Å². The maximum Gasteiger partial charge on any atom is 0.191 e. The summed E-state index contributed by atoms with van der Waals surface area (Å²) >= 11 is 1.61. The number of aryl methyl sites for hydroxylation is 2. The summed E-state index contributed by atoms with van der Waals surface area (Å²) in [6.07, 6.45) is 2.18. The molecule has 1 unspecified atom stereocenters. The number of aromatic nitrogens is 3. The van der Waals surface area contributed by atoms with E-state index >= 15 is 0 Å². The van der Waals surface area contributed by atoms with Crippen molar-refractivity contribution in [1.29, 1.82) is 0 Å². The minimum atomic E-state index is -0.278. The van der Waals surface area contributed by atoms with Gasteiger partial charge in [0, 0.05) is 23.5 Å². The number of nitrogens with zero attached hydrogens (tertiary/aromatic N) is 3. The first kappa shape index (κ1) is 22.7. The van der Waals surface area contributed by atoms with Gasteiger partial charge in [0.2, 0.25) is 0 Å². The van der Waals surface area contributed by atoms with Crippen LogP contribution in [0.15, 0.2) is 35.5 Å². The van der Waals surface area contributed by atoms with Gasteiger partial charge in [-0.15, -0.1) is 10.2 Å². The second-order valence-corrected chi connectivity index (χ2v) is 9.33. The first-order valence-corrected chi connectivity index (χ1v) is 11.9. The fraction of sp³-hybridized carbons (Fsp3) is 0.400. The van der Waals surface area contributed by atoms with Crippen molar-refractivity contribution in [3.8, 4) is 11.4 Å². The van der Waals surface area contributed by atoms with E-state index in [1.165, 1.54) is 17.7 Å². The zero-order chi connectivity index (χ0) is 22.8. The zero-order valence-electron chi connectivity index (χ0n) is 18.9. The van der Waals surface area contributed by atoms with E-state index in [4.69, 9.17) is 4.74 Å². The molecule has 4 rings (SSSR count). The Bertz CT molecular complexity index is 1140. The van der Waals surface area contributed by atoms with Crippen LogP contribution in [0.25, 0.3) is 11.4 Å². The average Bonchev–Trinajstić information content (AvgIpc) is 3.39. The van der Waals surface area contributed by atoms with Crippen LogP contribution in [0.4, 0.5) is 4.39 Å². The van der Waals surface area contributed by atoms with E-state index < -0.39 is 0 Å². The van der Waals surface area contributed by atoms with Gasteiger partial charge in [-0.2, -0.15) is 0 Å². The van der Waals surface area contributed by atoms with Crippen LogP contribution < -0.4 is 0 Å². The van der Waals surface area contributed by atoms with Crippen LogP contribution >= 0.6 is 11.8 Å². The van der Waals surface area contributed by atoms with Crippen LogP contribution in [-0.2, 0) is 17.0 Å². The molecule has 1 atom stereocenters. The molecular formula is C25H28FN3O2S. The van der Waals surface area contributed by atoms with Gasteiger partial charge in [-0.05, 0) is 87.1 Å². The first-order chi connectivity index (χ1) is 15.3. The van der Waals surface area contributed by atoms with Gasteiger partial charge in [0.25, 0.3) is 0 Å². The third kappa shape index (κ3) is 4.64. The van der Waals surface area contributed by atoms with Gasteiger partial charge in [0.05, 0.1) is 12.6 Å². The highest BCUT2D eigenvalue weighted by molar-refractivity contribution is 7.98. The molecule has 2 aromatic carbocycles. The smallest absolute Gasteiger partial charge is 0.191 e. The predicted molar refractivity (Wildman–Crippen MR) is 125 cm³/mol. The number of halogens is 1. The summed E-state index contributed by atoms with van der Waals surface area (Å²) in [5.74, 6) is 1.21. The Hall–Kier alpha value is -2.51. The van der Waals surface area contributed by atoms with E-state index in [1.807, 2.05) is 13.8 Å². The largest absolute Gasteiger partial charge is 0.376 e. The monoisotopic (exact) mass is 453 g/mol. The van der Waals surface area contributed by atoms with Gasteiger partial charge in [0.1, 0.15) is 5.82 Å². The molecular weight excluding hydrogens is 425 g/mol. The van der Waals surface area contributed by atoms with Crippen molar-refractivity contribution in [2.75, 3.05) is 6.61 Å². The minimum absolute atomic E-state index is 0.0893. The molecule has 0 bridgehead atoms. The second kappa shape index (κ2) is 9.55. The topological polar surface area (TPSA) is 57.0 Å². The lowest BCUT2D eigenvalue weighted by molar-refractivity contribution is 0.0953. The summed E-state index contributed by atoms with van der Waals surface area (Å²) in [5, 5.41) is 9.70. The minimum Gasteiger partial charge on any atom is -0.376 e. The van der Waals surface area contributed by atoms with Crippen LogP contribution in [0.5, 0.6) is 0 Å². The summed E-state index contributed by atoms with van der Waals surface area (Å²) in [7, 11) is 0. The third-order valence-corrected chi connectivity index (χ3v) is 7.05. The van der Waals surface area contributed by atoms with Crippen LogP contribution in [0, 0.1) is 26.6 Å². The number of benzene rings is 2. The Balaban J connectivity index is 1.66. The third-order valence-electron chi connectivity index (χ3n) is 6.06. The van der Waals surface area contributed by atoms with Crippen LogP contribution in [0.3, 0.4) is 0 Å². The van der Waals surface area contributed by atoms with E-state index in [1.54, 1.807) is 30.8 Å². The molecule has 32 heavy (non-hydrogen) atoms. The predicted octanol–water partition coefficient (Wildman–Crippen LogP) is 5.68. The normalized spacial score (nSPS) is 16.0. The quantitative estimate of drug-likeness (QED) is 0.340. The fourth-order valence-corrected chi connectivity index (χ4v) is 5.62. The number of carbonyl (C=O) groups excluding carboxylic acids is 1. The Labute approximate surface area is 192 Å². The summed E-state index contributed by atoms with van der Waals surface area (Å²) < 4.78 is 21.4. The van der Waals surface area contributed by atoms with E-state index in [9.17, 15) is 9.18 Å². The molecule has 7 heteroatoms. The van der Waals surface area contributed by atoms with Gasteiger partial charge in [0.15, 0.2) is 16.8 Å². The number of Topliss-reactive ketones (excluding diaryl/α,β-unsaturated/α-hetero) is 1. The molecule has 0 radical (unpaired) electrons. The number of ether oxygens (including phenoxy) is 1. The standard InChI is InChI=1S/C25H28FN3O2S/c1-15-12-16(2)23(18(4)30)17(3)22(15)14-32-25-28-27-24(19-7-9-20(26)10-8-19)29(25)13-21-6-5-11-31-21/h7-10,12,21H,5-6,11,13-14H2,1-4H3. The van der Waals surface area contributed by atoms with Gasteiger partial charge in [-0.1, -0.05) is 17.8 Å². The molecule has 3 aromatic rings. The number of hydrogen-bond donors (Lipinski definition) is 0. The molecule has 1 saturated heterocycles. The second-order valence-electron chi connectivity index (χ2n) is 8.39. The molecule has 0 spiro atoms. The van der Waals surface area contributed by atoms with E-state index in [0.717, 1.165) is 52.4 Å². The Morgan fingerprint density at radius 1 is 1.19 bits per heavy atom. The van der Waals surface area contributed by atoms with Crippen LogP contribution in [-0.4, -0.2) is 33.3 Å². The molecule has 2 heterocycles. The van der Waals surface area contributed by atoms with Crippen molar-refractivity contribution in [3.05, 3.63) is 64.0 Å². The molecule has 1 aromatic heterocycles. The molecule has 168 valence electrons. The maximum atomic E-state index is 13.4. The lowest BCUT2D eigenvalue weighted by atomic mass is 9.92. The Morgan fingerprint density at radius 3 is 2.59 bits per heavy atom. The molecule has 0 saturated carbocycles. The number of rotatable bonds is 7. The number of hydrogen-bond acceptors (Lipinski definition) is 5. The first-order valence-electron chi connectivity index (χ1n) is 10.9. The van der Waals surface area contributed by atoms with Gasteiger partial charge >= 0.3 is 0 Å². The summed E-state index contributed by atoms with van der Waals surface area (Å²) in [4.78, 5) is 12.2. The van der Waals surface area contributed by atoms with Crippen molar-refractivity contribution in [2.45, 2.75) is 64.1 Å². The van der Waals surface area contributed by atoms with Crippen molar-refractivity contribution in [3.63, 3.8) is 0 Å². The highest BCUT2D eigenvalue weighted by atomic mass is 32.2. The molecule has 0 amide bonds. The maximum absolute atomic E-state index is 13.4. The van der Waals surface area contributed by atoms with Gasteiger partial charge in [-0.25, -0.2) is 4.39 Å². The van der Waals surface area contributed by atoms with E-state index in [-0.39, 0.29) is 17.7 Å². The van der Waals surface area contributed by atoms with Crippen molar-refractivity contribution in [2.24, 2.45) is 0 Å². The number of ketones is 1. The Morgan fingerprint density at radius 2 is 1.94 bits per heavy atom.